The van der Waals surface area contributed by atoms with Gasteiger partial charge in [0.15, 0.2) is 0 Å². The maximum Gasteiger partial charge on any atom is 0.253 e. The van der Waals surface area contributed by atoms with Gasteiger partial charge in [0.05, 0.1) is 29.8 Å². The fourth-order valence-corrected chi connectivity index (χ4v) is 6.11. The number of rotatable bonds is 7. The summed E-state index contributed by atoms with van der Waals surface area (Å²) in [5, 5.41) is 0. The first-order chi connectivity index (χ1) is 16.9. The Morgan fingerprint density at radius 3 is 2.49 bits per heavy atom. The van der Waals surface area contributed by atoms with E-state index in [1.165, 1.54) is 12.1 Å². The van der Waals surface area contributed by atoms with Gasteiger partial charge in [-0.15, -0.1) is 0 Å². The predicted octanol–water partition coefficient (Wildman–Crippen LogP) is 1.44. The minimum absolute atomic E-state index is 0.0387. The van der Waals surface area contributed by atoms with Crippen LogP contribution in [0, 0.1) is 0 Å². The van der Waals surface area contributed by atoms with Crippen molar-refractivity contribution >= 4 is 21.9 Å². The molecule has 1 aliphatic carbocycles. The Labute approximate surface area is 205 Å². The van der Waals surface area contributed by atoms with Gasteiger partial charge in [0.2, 0.25) is 16.0 Å². The van der Waals surface area contributed by atoms with Gasteiger partial charge in [-0.3, -0.25) is 4.79 Å². The molecule has 0 radical (unpaired) electrons. The van der Waals surface area contributed by atoms with Crippen LogP contribution >= 0.6 is 0 Å². The molecule has 5 rings (SSSR count). The number of piperidine rings is 1. The number of ether oxygens (including phenoxy) is 2. The van der Waals surface area contributed by atoms with Crippen LogP contribution in [0.1, 0.15) is 36.0 Å². The van der Waals surface area contributed by atoms with E-state index < -0.39 is 15.6 Å². The number of likely N-dealkylation sites (tertiary alicyclic amines) is 1. The molecule has 1 N–H and O–H groups in total. The van der Waals surface area contributed by atoms with E-state index in [4.69, 9.17) is 9.47 Å². The number of anilines is 1. The van der Waals surface area contributed by atoms with E-state index in [0.29, 0.717) is 57.1 Å². The summed E-state index contributed by atoms with van der Waals surface area (Å²) in [5.41, 5.74) is 0.0663. The van der Waals surface area contributed by atoms with E-state index in [1.54, 1.807) is 37.7 Å². The SMILES string of the molecule is COCC1CN(c2ncccn2)CC2(CCN(C(=O)c3ccc(S(=O)(=O)NC4CC4)cc3)CC2)O1. The highest BCUT2D eigenvalue weighted by Crippen LogP contribution is 2.34. The first-order valence-corrected chi connectivity index (χ1v) is 13.5. The van der Waals surface area contributed by atoms with Crippen molar-refractivity contribution in [2.24, 2.45) is 0 Å². The monoisotopic (exact) mass is 501 g/mol. The molecule has 1 atom stereocenters. The van der Waals surface area contributed by atoms with E-state index in [9.17, 15) is 13.2 Å². The molecule has 0 bridgehead atoms. The maximum atomic E-state index is 13.1. The molecule has 1 spiro atoms. The van der Waals surface area contributed by atoms with Gasteiger partial charge in [0, 0.05) is 50.7 Å². The van der Waals surface area contributed by atoms with Crippen LogP contribution in [0.4, 0.5) is 5.95 Å². The Kier molecular flexibility index (Phi) is 6.75. The van der Waals surface area contributed by atoms with Crippen molar-refractivity contribution in [1.29, 1.82) is 0 Å². The lowest BCUT2D eigenvalue weighted by Gasteiger charge is -2.49. The Balaban J connectivity index is 1.24. The summed E-state index contributed by atoms with van der Waals surface area (Å²) in [6, 6.07) is 8.02. The molecule has 10 nitrogen and oxygen atoms in total. The number of morpholine rings is 1. The molecular weight excluding hydrogens is 470 g/mol. The highest BCUT2D eigenvalue weighted by Gasteiger charge is 2.44. The number of nitrogens with one attached hydrogen (secondary N) is 1. The van der Waals surface area contributed by atoms with Crippen molar-refractivity contribution in [1.82, 2.24) is 19.6 Å². The number of methoxy groups -OCH3 is 1. The topological polar surface area (TPSA) is 114 Å². The summed E-state index contributed by atoms with van der Waals surface area (Å²) in [5.74, 6) is 0.562. The smallest absolute Gasteiger partial charge is 0.253 e. The first-order valence-electron chi connectivity index (χ1n) is 12.0. The minimum Gasteiger partial charge on any atom is -0.382 e. The van der Waals surface area contributed by atoms with Gasteiger partial charge in [0.1, 0.15) is 0 Å². The molecule has 2 aliphatic heterocycles. The summed E-state index contributed by atoms with van der Waals surface area (Å²) >= 11 is 0. The molecule has 2 aromatic rings. The van der Waals surface area contributed by atoms with Crippen molar-refractivity contribution < 1.29 is 22.7 Å². The van der Waals surface area contributed by atoms with E-state index in [-0.39, 0.29) is 22.9 Å². The second-order valence-corrected chi connectivity index (χ2v) is 11.2. The van der Waals surface area contributed by atoms with Gasteiger partial charge in [-0.2, -0.15) is 0 Å². The lowest BCUT2D eigenvalue weighted by Crippen LogP contribution is -2.61. The largest absolute Gasteiger partial charge is 0.382 e. The molecular formula is C24H31N5O5S. The predicted molar refractivity (Wildman–Crippen MR) is 129 cm³/mol. The highest BCUT2D eigenvalue weighted by atomic mass is 32.2. The average Bonchev–Trinajstić information content (AvgIpc) is 3.68. The lowest BCUT2D eigenvalue weighted by molar-refractivity contribution is -0.145. The summed E-state index contributed by atoms with van der Waals surface area (Å²) in [6.45, 7) is 2.86. The summed E-state index contributed by atoms with van der Waals surface area (Å²) < 4.78 is 39.3. The molecule has 1 aromatic heterocycles. The van der Waals surface area contributed by atoms with Gasteiger partial charge in [-0.05, 0) is 56.0 Å². The normalized spacial score (nSPS) is 22.4. The number of amides is 1. The van der Waals surface area contributed by atoms with Crippen LogP contribution in [0.15, 0.2) is 47.6 Å². The second-order valence-electron chi connectivity index (χ2n) is 9.52. The standard InChI is InChI=1S/C24H31N5O5S/c1-33-16-20-15-29(23-25-11-2-12-26-23)17-24(34-20)9-13-28(14-10-24)22(30)18-3-7-21(8-4-18)35(31,32)27-19-5-6-19/h2-4,7-8,11-12,19-20,27H,5-6,9-10,13-17H2,1H3. The molecule has 188 valence electrons. The first kappa shape index (κ1) is 24.1. The van der Waals surface area contributed by atoms with Gasteiger partial charge in [0.25, 0.3) is 5.91 Å². The van der Waals surface area contributed by atoms with Crippen LogP contribution < -0.4 is 9.62 Å². The van der Waals surface area contributed by atoms with Gasteiger partial charge in [-0.25, -0.2) is 23.1 Å². The Bertz CT molecular complexity index is 1130. The van der Waals surface area contributed by atoms with Crippen molar-refractivity contribution in [3.05, 3.63) is 48.3 Å². The number of aromatic nitrogens is 2. The van der Waals surface area contributed by atoms with Crippen molar-refractivity contribution in [2.45, 2.75) is 48.3 Å². The van der Waals surface area contributed by atoms with Gasteiger partial charge < -0.3 is 19.3 Å². The number of benzene rings is 1. The molecule has 1 aromatic carbocycles. The maximum absolute atomic E-state index is 13.1. The molecule has 3 aliphatic rings. The van der Waals surface area contributed by atoms with Crippen LogP contribution in [0.25, 0.3) is 0 Å². The summed E-state index contributed by atoms with van der Waals surface area (Å²) in [7, 11) is -1.88. The third-order valence-electron chi connectivity index (χ3n) is 6.78. The average molecular weight is 502 g/mol. The zero-order chi connectivity index (χ0) is 24.5. The van der Waals surface area contributed by atoms with E-state index in [1.807, 2.05) is 4.90 Å². The minimum atomic E-state index is -3.54. The second kappa shape index (κ2) is 9.81. The summed E-state index contributed by atoms with van der Waals surface area (Å²) in [6.07, 6.45) is 6.46. The fourth-order valence-electron chi connectivity index (χ4n) is 4.81. The van der Waals surface area contributed by atoms with Crippen molar-refractivity contribution in [2.75, 3.05) is 44.8 Å². The number of sulfonamides is 1. The Morgan fingerprint density at radius 1 is 1.17 bits per heavy atom. The van der Waals surface area contributed by atoms with Gasteiger partial charge in [-0.1, -0.05) is 0 Å². The number of hydrogen-bond acceptors (Lipinski definition) is 8. The number of carbonyl (C=O) groups is 1. The van der Waals surface area contributed by atoms with Crippen LogP contribution in [0.5, 0.6) is 0 Å². The third kappa shape index (κ3) is 5.48. The molecule has 1 unspecified atom stereocenters. The van der Waals surface area contributed by atoms with E-state index in [0.717, 1.165) is 12.8 Å². The Morgan fingerprint density at radius 2 is 1.86 bits per heavy atom. The summed E-state index contributed by atoms with van der Waals surface area (Å²) in [4.78, 5) is 26.1. The van der Waals surface area contributed by atoms with Gasteiger partial charge >= 0.3 is 0 Å². The number of carbonyl (C=O) groups excluding carboxylic acids is 1. The lowest BCUT2D eigenvalue weighted by atomic mass is 9.88. The van der Waals surface area contributed by atoms with Crippen LogP contribution in [0.2, 0.25) is 0 Å². The quantitative estimate of drug-likeness (QED) is 0.606. The zero-order valence-corrected chi connectivity index (χ0v) is 20.6. The van der Waals surface area contributed by atoms with Crippen LogP contribution in [-0.4, -0.2) is 86.8 Å². The molecule has 35 heavy (non-hydrogen) atoms. The van der Waals surface area contributed by atoms with Crippen molar-refractivity contribution in [3.63, 3.8) is 0 Å². The molecule has 3 fully saturated rings. The third-order valence-corrected chi connectivity index (χ3v) is 8.32. The van der Waals surface area contributed by atoms with Crippen molar-refractivity contribution in [3.8, 4) is 0 Å². The Hall–Kier alpha value is -2.60. The molecule has 3 heterocycles. The number of hydrogen-bond donors (Lipinski definition) is 1. The highest BCUT2D eigenvalue weighted by molar-refractivity contribution is 7.89. The van der Waals surface area contributed by atoms with E-state index in [2.05, 4.69) is 19.6 Å². The molecule has 11 heteroatoms. The van der Waals surface area contributed by atoms with Crippen LogP contribution in [-0.2, 0) is 19.5 Å². The zero-order valence-electron chi connectivity index (χ0n) is 19.8. The van der Waals surface area contributed by atoms with Crippen LogP contribution in [0.3, 0.4) is 0 Å². The molecule has 1 amide bonds. The molecule has 2 saturated heterocycles. The molecule has 1 saturated carbocycles. The fraction of sp³-hybridized carbons (Fsp3) is 0.542. The number of nitrogens with zero attached hydrogens (tertiary/aromatic N) is 4. The van der Waals surface area contributed by atoms with E-state index >= 15 is 0 Å².